The molecule has 3 heteroatoms. The lowest BCUT2D eigenvalue weighted by Gasteiger charge is -2.27. The zero-order valence-electron chi connectivity index (χ0n) is 13.4. The first-order valence-electron chi connectivity index (χ1n) is 8.27. The van der Waals surface area contributed by atoms with Crippen molar-refractivity contribution < 1.29 is 9.78 Å². The van der Waals surface area contributed by atoms with Crippen LogP contribution in [-0.4, -0.2) is 12.5 Å². The highest BCUT2D eigenvalue weighted by Crippen LogP contribution is 2.56. The molecule has 0 aromatic heterocycles. The third kappa shape index (κ3) is 3.01. The van der Waals surface area contributed by atoms with Crippen LogP contribution in [0.5, 0.6) is 0 Å². The maximum Gasteiger partial charge on any atom is 0.228 e. The molecule has 1 fully saturated rings. The van der Waals surface area contributed by atoms with Crippen LogP contribution in [-0.2, 0) is 9.78 Å². The Morgan fingerprint density at radius 3 is 1.29 bits per heavy atom. The first-order valence-corrected chi connectivity index (χ1v) is 10.2. The van der Waals surface area contributed by atoms with E-state index in [-0.39, 0.29) is 6.29 Å². The van der Waals surface area contributed by atoms with Gasteiger partial charge in [0.2, 0.25) is 6.29 Å². The second-order valence-corrected chi connectivity index (χ2v) is 9.57. The van der Waals surface area contributed by atoms with E-state index in [9.17, 15) is 0 Å². The highest BCUT2D eigenvalue weighted by atomic mass is 31.2. The molecule has 1 aliphatic heterocycles. The summed E-state index contributed by atoms with van der Waals surface area (Å²) >= 11 is 0. The van der Waals surface area contributed by atoms with Crippen LogP contribution in [0.4, 0.5) is 0 Å². The van der Waals surface area contributed by atoms with Crippen LogP contribution in [0, 0.1) is 0 Å². The third-order valence-corrected chi connectivity index (χ3v) is 8.99. The quantitative estimate of drug-likeness (QED) is 0.390. The Hall–Kier alpha value is -1.99. The van der Waals surface area contributed by atoms with E-state index in [1.165, 1.54) is 15.9 Å². The highest BCUT2D eigenvalue weighted by Gasteiger charge is 2.46. The summed E-state index contributed by atoms with van der Waals surface area (Å²) in [4.78, 5) is 10.1. The zero-order valence-corrected chi connectivity index (χ0v) is 14.3. The molecule has 1 heterocycles. The van der Waals surface area contributed by atoms with Crippen molar-refractivity contribution >= 4 is 23.2 Å². The predicted molar refractivity (Wildman–Crippen MR) is 101 cm³/mol. The van der Waals surface area contributed by atoms with E-state index in [1.54, 1.807) is 0 Å². The first kappa shape index (κ1) is 15.5. The summed E-state index contributed by atoms with van der Waals surface area (Å²) in [5.41, 5.74) is 0. The summed E-state index contributed by atoms with van der Waals surface area (Å²) < 4.78 is 0. The summed E-state index contributed by atoms with van der Waals surface area (Å²) in [6, 6.07) is 32.7. The molecule has 0 atom stereocenters. The highest BCUT2D eigenvalue weighted by molar-refractivity contribution is 7.95. The second kappa shape index (κ2) is 6.86. The monoisotopic (exact) mass is 335 g/mol. The Bertz CT molecular complexity index is 674. The maximum absolute atomic E-state index is 5.03. The molecule has 4 rings (SSSR count). The minimum absolute atomic E-state index is 0.0412. The minimum atomic E-state index is -1.73. The summed E-state index contributed by atoms with van der Waals surface area (Å²) in [6.45, 7) is 0. The van der Waals surface area contributed by atoms with Crippen LogP contribution in [0.1, 0.15) is 6.42 Å². The average Bonchev–Trinajstić information content (AvgIpc) is 3.50. The summed E-state index contributed by atoms with van der Waals surface area (Å²) in [5.74, 6) is 0. The minimum Gasteiger partial charge on any atom is -0.198 e. The average molecular weight is 335 g/mol. The summed E-state index contributed by atoms with van der Waals surface area (Å²) in [5, 5.41) is 4.22. The van der Waals surface area contributed by atoms with Crippen LogP contribution >= 0.6 is 7.26 Å². The van der Waals surface area contributed by atoms with Crippen molar-refractivity contribution in [1.29, 1.82) is 0 Å². The van der Waals surface area contributed by atoms with Crippen LogP contribution in [0.15, 0.2) is 91.0 Å². The molecular weight excluding hydrogens is 315 g/mol. The van der Waals surface area contributed by atoms with E-state index in [0.29, 0.717) is 0 Å². The molecule has 0 N–H and O–H groups in total. The molecule has 0 unspecified atom stereocenters. The van der Waals surface area contributed by atoms with Gasteiger partial charge in [-0.1, -0.05) is 54.6 Å². The van der Waals surface area contributed by atoms with Crippen molar-refractivity contribution in [2.24, 2.45) is 0 Å². The Labute approximate surface area is 143 Å². The SMILES string of the molecule is c1ccc([P+](CCC2OO2)(c2ccccc2)c2ccccc2)cc1. The number of hydrogen-bond donors (Lipinski definition) is 0. The summed E-state index contributed by atoms with van der Waals surface area (Å²) in [7, 11) is -1.73. The van der Waals surface area contributed by atoms with Crippen molar-refractivity contribution in [3.63, 3.8) is 0 Å². The van der Waals surface area contributed by atoms with E-state index >= 15 is 0 Å². The molecule has 2 nitrogen and oxygen atoms in total. The second-order valence-electron chi connectivity index (χ2n) is 5.95. The van der Waals surface area contributed by atoms with Gasteiger partial charge < -0.3 is 0 Å². The van der Waals surface area contributed by atoms with Gasteiger partial charge in [0.15, 0.2) is 0 Å². The Balaban J connectivity index is 1.91. The largest absolute Gasteiger partial charge is 0.228 e. The molecule has 0 radical (unpaired) electrons. The smallest absolute Gasteiger partial charge is 0.198 e. The third-order valence-electron chi connectivity index (χ3n) is 4.52. The van der Waals surface area contributed by atoms with Crippen molar-refractivity contribution in [3.8, 4) is 0 Å². The Kier molecular flexibility index (Phi) is 4.44. The maximum atomic E-state index is 5.03. The fourth-order valence-corrected chi connectivity index (χ4v) is 7.63. The fourth-order valence-electron chi connectivity index (χ4n) is 3.32. The van der Waals surface area contributed by atoms with Crippen molar-refractivity contribution in [2.75, 3.05) is 6.16 Å². The van der Waals surface area contributed by atoms with E-state index < -0.39 is 7.26 Å². The molecule has 3 aromatic carbocycles. The normalized spacial score (nSPS) is 14.5. The molecule has 0 amide bonds. The number of hydrogen-bond acceptors (Lipinski definition) is 2. The van der Waals surface area contributed by atoms with Gasteiger partial charge in [-0.05, 0) is 36.4 Å². The molecule has 0 saturated carbocycles. The van der Waals surface area contributed by atoms with Gasteiger partial charge in [0, 0.05) is 6.42 Å². The summed E-state index contributed by atoms with van der Waals surface area (Å²) in [6.07, 6.45) is 1.91. The molecular formula is C21H20O2P+. The van der Waals surface area contributed by atoms with Crippen molar-refractivity contribution in [3.05, 3.63) is 91.0 Å². The topological polar surface area (TPSA) is 25.1 Å². The van der Waals surface area contributed by atoms with Gasteiger partial charge >= 0.3 is 0 Å². The van der Waals surface area contributed by atoms with Gasteiger partial charge in [0.05, 0.1) is 6.16 Å². The first-order chi connectivity index (χ1) is 11.9. The molecule has 120 valence electrons. The van der Waals surface area contributed by atoms with Gasteiger partial charge in [0.1, 0.15) is 23.2 Å². The lowest BCUT2D eigenvalue weighted by atomic mass is 10.3. The number of rotatable bonds is 6. The van der Waals surface area contributed by atoms with Crippen LogP contribution in [0.2, 0.25) is 0 Å². The van der Waals surface area contributed by atoms with Crippen LogP contribution < -0.4 is 15.9 Å². The van der Waals surface area contributed by atoms with Crippen LogP contribution in [0.25, 0.3) is 0 Å². The lowest BCUT2D eigenvalue weighted by Crippen LogP contribution is -2.33. The van der Waals surface area contributed by atoms with Gasteiger partial charge in [-0.3, -0.25) is 0 Å². The predicted octanol–water partition coefficient (Wildman–Crippen LogP) is 3.66. The van der Waals surface area contributed by atoms with E-state index in [4.69, 9.17) is 9.78 Å². The molecule has 0 spiro atoms. The molecule has 1 saturated heterocycles. The van der Waals surface area contributed by atoms with Crippen molar-refractivity contribution in [1.82, 2.24) is 0 Å². The number of benzene rings is 3. The van der Waals surface area contributed by atoms with Gasteiger partial charge in [-0.25, -0.2) is 0 Å². The zero-order chi connectivity index (χ0) is 16.2. The van der Waals surface area contributed by atoms with Crippen LogP contribution in [0.3, 0.4) is 0 Å². The van der Waals surface area contributed by atoms with Gasteiger partial charge in [-0.2, -0.15) is 9.78 Å². The molecule has 3 aromatic rings. The Morgan fingerprint density at radius 1 is 0.583 bits per heavy atom. The standard InChI is InChI=1S/C21H20O2P/c1-4-10-18(11-5-1)24(17-16-21-22-23-21,19-12-6-2-7-13-19)20-14-8-3-9-15-20/h1-15,21H,16-17H2/q+1. The van der Waals surface area contributed by atoms with E-state index in [2.05, 4.69) is 91.0 Å². The van der Waals surface area contributed by atoms with E-state index in [1.807, 2.05) is 0 Å². The lowest BCUT2D eigenvalue weighted by molar-refractivity contribution is 0.0850. The fraction of sp³-hybridized carbons (Fsp3) is 0.143. The Morgan fingerprint density at radius 2 is 0.958 bits per heavy atom. The van der Waals surface area contributed by atoms with Gasteiger partial charge in [0.25, 0.3) is 0 Å². The molecule has 1 aliphatic rings. The molecule has 0 aliphatic carbocycles. The van der Waals surface area contributed by atoms with Crippen molar-refractivity contribution in [2.45, 2.75) is 12.7 Å². The molecule has 24 heavy (non-hydrogen) atoms. The molecule has 0 bridgehead atoms. The van der Waals surface area contributed by atoms with Gasteiger partial charge in [-0.15, -0.1) is 0 Å². The van der Waals surface area contributed by atoms with E-state index in [0.717, 1.165) is 12.6 Å².